The van der Waals surface area contributed by atoms with Gasteiger partial charge in [0.25, 0.3) is 0 Å². The van der Waals surface area contributed by atoms with E-state index in [4.69, 9.17) is 4.74 Å². The van der Waals surface area contributed by atoms with Crippen LogP contribution in [0.25, 0.3) is 0 Å². The van der Waals surface area contributed by atoms with Crippen molar-refractivity contribution in [3.05, 3.63) is 40.4 Å². The third-order valence-corrected chi connectivity index (χ3v) is 4.08. The lowest BCUT2D eigenvalue weighted by atomic mass is 10.0. The molecular formula is C14H17N3OS. The molecule has 19 heavy (non-hydrogen) atoms. The summed E-state index contributed by atoms with van der Waals surface area (Å²) in [5.74, 6) is 1.05. The molecule has 1 aromatic heterocycles. The Balaban J connectivity index is 1.65. The average molecular weight is 275 g/mol. The van der Waals surface area contributed by atoms with Crippen LogP contribution in [0, 0.1) is 0 Å². The second-order valence-electron chi connectivity index (χ2n) is 4.75. The van der Waals surface area contributed by atoms with E-state index in [1.165, 1.54) is 22.7 Å². The summed E-state index contributed by atoms with van der Waals surface area (Å²) in [4.78, 5) is 0. The van der Waals surface area contributed by atoms with Gasteiger partial charge in [0.15, 0.2) is 0 Å². The van der Waals surface area contributed by atoms with Gasteiger partial charge in [-0.1, -0.05) is 16.6 Å². The van der Waals surface area contributed by atoms with E-state index in [0.717, 1.165) is 37.3 Å². The molecule has 4 nitrogen and oxygen atoms in total. The summed E-state index contributed by atoms with van der Waals surface area (Å²) in [5.41, 5.74) is 3.75. The molecule has 0 radical (unpaired) electrons. The third kappa shape index (κ3) is 2.77. The van der Waals surface area contributed by atoms with Crippen molar-refractivity contribution >= 4 is 11.5 Å². The maximum atomic E-state index is 5.53. The van der Waals surface area contributed by atoms with Crippen LogP contribution in [-0.4, -0.2) is 23.2 Å². The highest BCUT2D eigenvalue weighted by atomic mass is 32.1. The third-order valence-electron chi connectivity index (χ3n) is 3.56. The number of aromatic nitrogens is 2. The van der Waals surface area contributed by atoms with Gasteiger partial charge < -0.3 is 10.1 Å². The van der Waals surface area contributed by atoms with Gasteiger partial charge in [-0.2, -0.15) is 0 Å². The Kier molecular flexibility index (Phi) is 3.75. The first-order valence-corrected chi connectivity index (χ1v) is 7.39. The monoisotopic (exact) mass is 275 g/mol. The van der Waals surface area contributed by atoms with Crippen molar-refractivity contribution in [3.8, 4) is 5.75 Å². The zero-order valence-corrected chi connectivity index (χ0v) is 11.7. The van der Waals surface area contributed by atoms with Gasteiger partial charge >= 0.3 is 0 Å². The second-order valence-corrected chi connectivity index (χ2v) is 5.36. The number of rotatable bonds is 5. The van der Waals surface area contributed by atoms with Gasteiger partial charge in [0.05, 0.1) is 18.3 Å². The van der Waals surface area contributed by atoms with Crippen molar-refractivity contribution in [2.24, 2.45) is 0 Å². The number of nitrogens with zero attached hydrogens (tertiary/aromatic N) is 2. The molecule has 0 fully saturated rings. The molecule has 1 aliphatic rings. The standard InChI is InChI=1S/C14H17N3OS/c1-15-12(13-9-19-17-16-13)4-2-10-3-5-14-11(8-10)6-7-18-14/h3,5,8-9,12,15H,2,4,6-7H2,1H3. The predicted octanol–water partition coefficient (Wildman–Crippen LogP) is 2.37. The van der Waals surface area contributed by atoms with Gasteiger partial charge in [0, 0.05) is 11.8 Å². The van der Waals surface area contributed by atoms with Gasteiger partial charge in [0.2, 0.25) is 0 Å². The van der Waals surface area contributed by atoms with Gasteiger partial charge in [-0.3, -0.25) is 0 Å². The van der Waals surface area contributed by atoms with Crippen LogP contribution in [0.4, 0.5) is 0 Å². The van der Waals surface area contributed by atoms with Crippen molar-refractivity contribution < 1.29 is 4.74 Å². The fraction of sp³-hybridized carbons (Fsp3) is 0.429. The van der Waals surface area contributed by atoms with Crippen molar-refractivity contribution in [1.82, 2.24) is 14.9 Å². The number of benzene rings is 1. The molecule has 0 saturated carbocycles. The van der Waals surface area contributed by atoms with Gasteiger partial charge in [0.1, 0.15) is 5.75 Å². The molecule has 100 valence electrons. The van der Waals surface area contributed by atoms with Gasteiger partial charge in [-0.15, -0.1) is 5.10 Å². The zero-order valence-electron chi connectivity index (χ0n) is 10.9. The molecule has 3 rings (SSSR count). The SMILES string of the molecule is CNC(CCc1ccc2c(c1)CCO2)c1csnn1. The molecule has 1 N–H and O–H groups in total. The minimum absolute atomic E-state index is 0.281. The number of ether oxygens (including phenoxy) is 1. The molecule has 5 heteroatoms. The Morgan fingerprint density at radius 1 is 1.47 bits per heavy atom. The van der Waals surface area contributed by atoms with E-state index in [1.807, 2.05) is 12.4 Å². The highest BCUT2D eigenvalue weighted by molar-refractivity contribution is 7.03. The maximum Gasteiger partial charge on any atom is 0.122 e. The number of hydrogen-bond acceptors (Lipinski definition) is 5. The smallest absolute Gasteiger partial charge is 0.122 e. The molecule has 1 atom stereocenters. The molecule has 1 unspecified atom stereocenters. The van der Waals surface area contributed by atoms with Gasteiger partial charge in [-0.05, 0) is 48.6 Å². The first kappa shape index (κ1) is 12.6. The highest BCUT2D eigenvalue weighted by Crippen LogP contribution is 2.27. The quantitative estimate of drug-likeness (QED) is 0.910. The van der Waals surface area contributed by atoms with Crippen LogP contribution in [-0.2, 0) is 12.8 Å². The Morgan fingerprint density at radius 3 is 3.21 bits per heavy atom. The largest absolute Gasteiger partial charge is 0.493 e. The van der Waals surface area contributed by atoms with E-state index in [9.17, 15) is 0 Å². The number of hydrogen-bond donors (Lipinski definition) is 1. The average Bonchev–Trinajstić information content (AvgIpc) is 3.10. The van der Waals surface area contributed by atoms with E-state index in [0.29, 0.717) is 0 Å². The fourth-order valence-corrected chi connectivity index (χ4v) is 2.98. The first-order chi connectivity index (χ1) is 9.36. The predicted molar refractivity (Wildman–Crippen MR) is 75.7 cm³/mol. The Morgan fingerprint density at radius 2 is 2.42 bits per heavy atom. The first-order valence-electron chi connectivity index (χ1n) is 6.55. The molecule has 1 aliphatic heterocycles. The van der Waals surface area contributed by atoms with Gasteiger partial charge in [-0.25, -0.2) is 0 Å². The number of nitrogens with one attached hydrogen (secondary N) is 1. The molecule has 0 aliphatic carbocycles. The van der Waals surface area contributed by atoms with E-state index in [1.54, 1.807) is 0 Å². The zero-order chi connectivity index (χ0) is 13.1. The minimum Gasteiger partial charge on any atom is -0.493 e. The summed E-state index contributed by atoms with van der Waals surface area (Å²) in [7, 11) is 1.97. The van der Waals surface area contributed by atoms with Crippen LogP contribution in [0.5, 0.6) is 5.75 Å². The summed E-state index contributed by atoms with van der Waals surface area (Å²) in [6.45, 7) is 0.822. The molecular weight excluding hydrogens is 258 g/mol. The van der Waals surface area contributed by atoms with E-state index in [-0.39, 0.29) is 6.04 Å². The normalized spacial score (nSPS) is 15.0. The van der Waals surface area contributed by atoms with E-state index in [2.05, 4.69) is 33.1 Å². The fourth-order valence-electron chi connectivity index (χ4n) is 2.47. The molecule has 2 heterocycles. The lowest BCUT2D eigenvalue weighted by molar-refractivity contribution is 0.357. The molecule has 0 bridgehead atoms. The van der Waals surface area contributed by atoms with Crippen LogP contribution in [0.2, 0.25) is 0 Å². The molecule has 0 saturated heterocycles. The summed E-state index contributed by atoms with van der Waals surface area (Å²) in [6.07, 6.45) is 3.10. The summed E-state index contributed by atoms with van der Waals surface area (Å²) in [5, 5.41) is 9.46. The van der Waals surface area contributed by atoms with Crippen LogP contribution >= 0.6 is 11.5 Å². The van der Waals surface area contributed by atoms with Crippen molar-refractivity contribution in [2.75, 3.05) is 13.7 Å². The number of aryl methyl sites for hydroxylation is 1. The Hall–Kier alpha value is -1.46. The summed E-state index contributed by atoms with van der Waals surface area (Å²) >= 11 is 1.40. The van der Waals surface area contributed by atoms with Crippen LogP contribution in [0.15, 0.2) is 23.6 Å². The lowest BCUT2D eigenvalue weighted by Crippen LogP contribution is -2.17. The van der Waals surface area contributed by atoms with Crippen molar-refractivity contribution in [1.29, 1.82) is 0 Å². The highest BCUT2D eigenvalue weighted by Gasteiger charge is 2.14. The lowest BCUT2D eigenvalue weighted by Gasteiger charge is -2.13. The van der Waals surface area contributed by atoms with Crippen LogP contribution in [0.3, 0.4) is 0 Å². The van der Waals surface area contributed by atoms with E-state index >= 15 is 0 Å². The van der Waals surface area contributed by atoms with E-state index < -0.39 is 0 Å². The topological polar surface area (TPSA) is 47.0 Å². The van der Waals surface area contributed by atoms with Crippen molar-refractivity contribution in [3.63, 3.8) is 0 Å². The Bertz CT molecular complexity index is 542. The molecule has 1 aromatic carbocycles. The Labute approximate surface area is 117 Å². The van der Waals surface area contributed by atoms with Crippen molar-refractivity contribution in [2.45, 2.75) is 25.3 Å². The summed E-state index contributed by atoms with van der Waals surface area (Å²) in [6, 6.07) is 6.81. The van der Waals surface area contributed by atoms with Crippen LogP contribution < -0.4 is 10.1 Å². The maximum absolute atomic E-state index is 5.53. The second kappa shape index (κ2) is 5.67. The number of fused-ring (bicyclic) bond motifs is 1. The minimum atomic E-state index is 0.281. The molecule has 0 amide bonds. The molecule has 2 aromatic rings. The summed E-state index contributed by atoms with van der Waals surface area (Å²) < 4.78 is 9.46. The molecule has 0 spiro atoms. The van der Waals surface area contributed by atoms with Crippen LogP contribution in [0.1, 0.15) is 29.3 Å².